The molecule has 1 aromatic heterocycles. The highest BCUT2D eigenvalue weighted by Crippen LogP contribution is 2.66. The Labute approximate surface area is 190 Å². The second-order valence-corrected chi connectivity index (χ2v) is 11.2. The van der Waals surface area contributed by atoms with Crippen LogP contribution in [0, 0.1) is 6.92 Å². The van der Waals surface area contributed by atoms with Gasteiger partial charge in [-0.2, -0.15) is 8.62 Å². The van der Waals surface area contributed by atoms with Gasteiger partial charge in [0.25, 0.3) is 5.56 Å². The molecule has 1 aromatic rings. The van der Waals surface area contributed by atoms with Crippen LogP contribution >= 0.6 is 23.5 Å². The standard InChI is InChI=1S/C13H22N3O15P3/c1-7-5-16(13(19)15-12(7)18)10-4-8(29-11(17)2-3-14)9(28-10)6-27-33(23,24)31-34(25,26)30-32(20,21)22/h5,8-10H,2-4,6,14H2,1H3,(H,23,24)(H,25,26)(H,15,18,19)(H2,20,21,22)/t8-,9?,10-/m1/s1. The van der Waals surface area contributed by atoms with Crippen LogP contribution in [0.25, 0.3) is 0 Å². The van der Waals surface area contributed by atoms with Crippen molar-refractivity contribution < 1.29 is 60.7 Å². The fourth-order valence-corrected chi connectivity index (χ4v) is 5.79. The molecule has 0 spiro atoms. The molecular weight excluding hydrogens is 531 g/mol. The molecule has 1 aliphatic heterocycles. The summed E-state index contributed by atoms with van der Waals surface area (Å²) in [6.45, 7) is 0.438. The number of hydrogen-bond donors (Lipinski definition) is 6. The number of nitrogens with two attached hydrogens (primary N) is 1. The van der Waals surface area contributed by atoms with Crippen molar-refractivity contribution in [3.63, 3.8) is 0 Å². The largest absolute Gasteiger partial charge is 0.490 e. The second-order valence-electron chi connectivity index (χ2n) is 6.80. The van der Waals surface area contributed by atoms with Crippen molar-refractivity contribution in [2.45, 2.75) is 38.2 Å². The van der Waals surface area contributed by atoms with Crippen LogP contribution in [0.1, 0.15) is 24.6 Å². The summed E-state index contributed by atoms with van der Waals surface area (Å²) < 4.78 is 57.5. The minimum absolute atomic E-state index is 0.0549. The minimum Gasteiger partial charge on any atom is -0.459 e. The number of nitrogens with zero attached hydrogens (tertiary/aromatic N) is 1. The third kappa shape index (κ3) is 8.61. The van der Waals surface area contributed by atoms with Gasteiger partial charge in [0.15, 0.2) is 0 Å². The summed E-state index contributed by atoms with van der Waals surface area (Å²) in [5, 5.41) is 0. The molecule has 0 saturated carbocycles. The fraction of sp³-hybridized carbons (Fsp3) is 0.615. The van der Waals surface area contributed by atoms with E-state index in [9.17, 15) is 37.9 Å². The van der Waals surface area contributed by atoms with E-state index in [1.807, 2.05) is 0 Å². The van der Waals surface area contributed by atoms with E-state index in [0.29, 0.717) is 0 Å². The van der Waals surface area contributed by atoms with Crippen molar-refractivity contribution in [1.82, 2.24) is 9.55 Å². The lowest BCUT2D eigenvalue weighted by atomic mass is 10.2. The number of aryl methyl sites for hydroxylation is 1. The number of nitrogens with one attached hydrogen (secondary N) is 1. The van der Waals surface area contributed by atoms with Gasteiger partial charge in [-0.1, -0.05) is 0 Å². The molecule has 1 saturated heterocycles. The first-order chi connectivity index (χ1) is 15.5. The smallest absolute Gasteiger partial charge is 0.459 e. The Balaban J connectivity index is 2.18. The summed E-state index contributed by atoms with van der Waals surface area (Å²) in [5.74, 6) is -0.773. The van der Waals surface area contributed by atoms with E-state index in [0.717, 1.165) is 4.57 Å². The van der Waals surface area contributed by atoms with Crippen LogP contribution < -0.4 is 17.0 Å². The van der Waals surface area contributed by atoms with E-state index in [2.05, 4.69) is 18.1 Å². The van der Waals surface area contributed by atoms with Gasteiger partial charge in [-0.15, -0.1) is 0 Å². The molecule has 194 valence electrons. The number of carbonyl (C=O) groups excluding carboxylic acids is 1. The summed E-state index contributed by atoms with van der Waals surface area (Å²) in [5.41, 5.74) is 3.93. The van der Waals surface area contributed by atoms with Crippen molar-refractivity contribution in [3.05, 3.63) is 32.6 Å². The average Bonchev–Trinajstić information content (AvgIpc) is 3.02. The number of esters is 1. The highest BCUT2D eigenvalue weighted by atomic mass is 31.3. The van der Waals surface area contributed by atoms with Gasteiger partial charge >= 0.3 is 35.1 Å². The molecule has 0 amide bonds. The van der Waals surface area contributed by atoms with Crippen LogP contribution in [0.15, 0.2) is 15.8 Å². The average molecular weight is 553 g/mol. The first-order valence-corrected chi connectivity index (χ1v) is 13.7. The lowest BCUT2D eigenvalue weighted by molar-refractivity contribution is -0.152. The molecular formula is C13H22N3O15P3. The molecule has 2 heterocycles. The summed E-state index contributed by atoms with van der Waals surface area (Å²) in [6.07, 6.45) is -2.83. The van der Waals surface area contributed by atoms with E-state index in [1.165, 1.54) is 13.1 Å². The van der Waals surface area contributed by atoms with Crippen molar-refractivity contribution in [1.29, 1.82) is 0 Å². The minimum atomic E-state index is -5.74. The number of phosphoric ester groups is 1. The summed E-state index contributed by atoms with van der Waals surface area (Å²) in [6, 6.07) is 0. The molecule has 5 atom stereocenters. The van der Waals surface area contributed by atoms with Gasteiger partial charge < -0.3 is 34.8 Å². The van der Waals surface area contributed by atoms with Crippen molar-refractivity contribution in [3.8, 4) is 0 Å². The normalized spacial score (nSPS) is 24.4. The molecule has 1 aliphatic rings. The van der Waals surface area contributed by atoms with Gasteiger partial charge in [-0.05, 0) is 6.92 Å². The monoisotopic (exact) mass is 553 g/mol. The molecule has 2 rings (SSSR count). The summed E-state index contributed by atoms with van der Waals surface area (Å²) in [4.78, 5) is 73.6. The number of H-pyrrole nitrogens is 1. The lowest BCUT2D eigenvalue weighted by Gasteiger charge is -2.21. The number of carbonyl (C=O) groups is 1. The fourth-order valence-electron chi connectivity index (χ4n) is 2.76. The predicted octanol–water partition coefficient (Wildman–Crippen LogP) is -1.26. The number of phosphoric acid groups is 3. The van der Waals surface area contributed by atoms with Crippen LogP contribution in [0.4, 0.5) is 0 Å². The Bertz CT molecular complexity index is 1160. The van der Waals surface area contributed by atoms with E-state index < -0.39 is 65.7 Å². The van der Waals surface area contributed by atoms with E-state index in [4.69, 9.17) is 25.0 Å². The number of ether oxygens (including phenoxy) is 2. The van der Waals surface area contributed by atoms with Crippen molar-refractivity contribution >= 4 is 29.4 Å². The Kier molecular flexibility index (Phi) is 9.32. The van der Waals surface area contributed by atoms with Crippen LogP contribution in [0.3, 0.4) is 0 Å². The molecule has 0 radical (unpaired) electrons. The topological polar surface area (TPSA) is 276 Å². The number of hydrogen-bond acceptors (Lipinski definition) is 12. The first-order valence-electron chi connectivity index (χ1n) is 9.17. The zero-order chi connectivity index (χ0) is 25.9. The van der Waals surface area contributed by atoms with E-state index in [-0.39, 0.29) is 24.9 Å². The molecule has 1 fully saturated rings. The van der Waals surface area contributed by atoms with Crippen molar-refractivity contribution in [2.75, 3.05) is 13.2 Å². The molecule has 34 heavy (non-hydrogen) atoms. The van der Waals surface area contributed by atoms with Crippen LogP contribution in [0.5, 0.6) is 0 Å². The van der Waals surface area contributed by atoms with E-state index >= 15 is 0 Å². The Morgan fingerprint density at radius 1 is 1.21 bits per heavy atom. The van der Waals surface area contributed by atoms with Gasteiger partial charge in [-0.3, -0.25) is 23.7 Å². The van der Waals surface area contributed by atoms with Crippen molar-refractivity contribution in [2.24, 2.45) is 5.73 Å². The van der Waals surface area contributed by atoms with Crippen LogP contribution in [-0.4, -0.2) is 60.5 Å². The summed E-state index contributed by atoms with van der Waals surface area (Å²) >= 11 is 0. The zero-order valence-electron chi connectivity index (χ0n) is 17.3. The molecule has 3 unspecified atom stereocenters. The number of rotatable bonds is 11. The number of aromatic amines is 1. The quantitative estimate of drug-likeness (QED) is 0.138. The highest BCUT2D eigenvalue weighted by Gasteiger charge is 2.44. The molecule has 21 heteroatoms. The predicted molar refractivity (Wildman–Crippen MR) is 108 cm³/mol. The Morgan fingerprint density at radius 2 is 1.85 bits per heavy atom. The maximum absolute atomic E-state index is 12.1. The molecule has 18 nitrogen and oxygen atoms in total. The molecule has 7 N–H and O–H groups in total. The zero-order valence-corrected chi connectivity index (χ0v) is 20.0. The van der Waals surface area contributed by atoms with Crippen LogP contribution in [-0.2, 0) is 41.1 Å². The Hall–Kier alpha value is -1.52. The maximum Gasteiger partial charge on any atom is 0.490 e. The van der Waals surface area contributed by atoms with Gasteiger partial charge in [0.2, 0.25) is 0 Å². The van der Waals surface area contributed by atoms with Gasteiger partial charge in [0.1, 0.15) is 18.4 Å². The Morgan fingerprint density at radius 3 is 2.44 bits per heavy atom. The third-order valence-electron chi connectivity index (χ3n) is 4.09. The maximum atomic E-state index is 12.1. The number of aromatic nitrogens is 2. The molecule has 0 aromatic carbocycles. The molecule has 0 bridgehead atoms. The van der Waals surface area contributed by atoms with Gasteiger partial charge in [0, 0.05) is 24.7 Å². The second kappa shape index (κ2) is 11.0. The van der Waals surface area contributed by atoms with Gasteiger partial charge in [-0.25, -0.2) is 18.5 Å². The molecule has 0 aliphatic carbocycles. The SMILES string of the molecule is Cc1cn([C@H]2C[C@@H](OC(=O)CCN)C(COP(=O)(O)OP(=O)(O)OP(=O)(O)O)O2)c(=O)[nH]c1=O. The summed E-state index contributed by atoms with van der Waals surface area (Å²) in [7, 11) is -16.8. The highest BCUT2D eigenvalue weighted by molar-refractivity contribution is 7.66. The lowest BCUT2D eigenvalue weighted by Crippen LogP contribution is -2.33. The first kappa shape index (κ1) is 28.7. The van der Waals surface area contributed by atoms with Gasteiger partial charge in [0.05, 0.1) is 13.0 Å². The van der Waals surface area contributed by atoms with E-state index in [1.54, 1.807) is 0 Å². The van der Waals surface area contributed by atoms with Crippen LogP contribution in [0.2, 0.25) is 0 Å². The third-order valence-corrected chi connectivity index (χ3v) is 7.89.